The Morgan fingerprint density at radius 1 is 1.04 bits per heavy atom. The molecule has 25 heavy (non-hydrogen) atoms. The highest BCUT2D eigenvalue weighted by molar-refractivity contribution is 5.90. The molecular weight excluding hydrogens is 308 g/mol. The lowest BCUT2D eigenvalue weighted by molar-refractivity contribution is -0.126. The predicted octanol–water partition coefficient (Wildman–Crippen LogP) is 4.95. The molecule has 0 radical (unpaired) electrons. The number of carbonyl (C=O) groups excluding carboxylic acids is 1. The average molecular weight is 334 g/mol. The number of Topliss-reactive ketones (excluding diaryl/α,β-unsaturated/α-hetero) is 1. The second-order valence-corrected chi connectivity index (χ2v) is 8.00. The third-order valence-electron chi connectivity index (χ3n) is 6.82. The topological polar surface area (TPSA) is 26.3 Å². The first-order valence-electron chi connectivity index (χ1n) is 9.30. The summed E-state index contributed by atoms with van der Waals surface area (Å²) in [6.07, 6.45) is 4.95. The molecule has 4 rings (SSSR count). The zero-order valence-corrected chi connectivity index (χ0v) is 15.1. The van der Waals surface area contributed by atoms with Crippen molar-refractivity contribution in [3.63, 3.8) is 0 Å². The van der Waals surface area contributed by atoms with E-state index < -0.39 is 0 Å². The second-order valence-electron chi connectivity index (χ2n) is 8.00. The van der Waals surface area contributed by atoms with Gasteiger partial charge in [-0.3, -0.25) is 4.79 Å². The molecule has 0 amide bonds. The van der Waals surface area contributed by atoms with E-state index in [1.165, 1.54) is 11.1 Å². The van der Waals surface area contributed by atoms with Gasteiger partial charge in [0.25, 0.3) is 0 Å². The second kappa shape index (κ2) is 6.01. The maximum absolute atomic E-state index is 13.1. The number of fused-ring (bicyclic) bond motifs is 2. The maximum atomic E-state index is 13.1. The van der Waals surface area contributed by atoms with Crippen molar-refractivity contribution in [2.45, 2.75) is 44.4 Å². The Balaban J connectivity index is 1.78. The van der Waals surface area contributed by atoms with E-state index in [1.807, 2.05) is 12.1 Å². The van der Waals surface area contributed by atoms with E-state index in [0.717, 1.165) is 31.4 Å². The fourth-order valence-electron chi connectivity index (χ4n) is 5.40. The highest BCUT2D eigenvalue weighted by Crippen LogP contribution is 2.62. The van der Waals surface area contributed by atoms with Gasteiger partial charge in [-0.2, -0.15) is 0 Å². The summed E-state index contributed by atoms with van der Waals surface area (Å²) < 4.78 is 5.33. The molecule has 130 valence electrons. The molecule has 2 nitrogen and oxygen atoms in total. The number of ether oxygens (including phenoxy) is 1. The quantitative estimate of drug-likeness (QED) is 0.790. The minimum absolute atomic E-state index is 0.0216. The van der Waals surface area contributed by atoms with Crippen LogP contribution in [-0.4, -0.2) is 12.9 Å². The van der Waals surface area contributed by atoms with Crippen molar-refractivity contribution in [1.82, 2.24) is 0 Å². The molecule has 2 aliphatic carbocycles. The first-order chi connectivity index (χ1) is 12.1. The SMILES string of the molecule is COc1ccc([C@]23CCC[C@](C)(C(=O)C2)[C@@H]3Cc2ccccc2)cc1. The van der Waals surface area contributed by atoms with Gasteiger partial charge in [-0.1, -0.05) is 55.8 Å². The van der Waals surface area contributed by atoms with Gasteiger partial charge in [-0.25, -0.2) is 0 Å². The van der Waals surface area contributed by atoms with Crippen LogP contribution in [0.3, 0.4) is 0 Å². The van der Waals surface area contributed by atoms with Crippen LogP contribution in [0.5, 0.6) is 5.75 Å². The number of hydrogen-bond acceptors (Lipinski definition) is 2. The van der Waals surface area contributed by atoms with Crippen molar-refractivity contribution < 1.29 is 9.53 Å². The molecule has 0 saturated heterocycles. The minimum Gasteiger partial charge on any atom is -0.497 e. The molecule has 0 aromatic heterocycles. The normalized spacial score (nSPS) is 31.1. The number of rotatable bonds is 4. The molecule has 2 aliphatic rings. The zero-order chi connectivity index (χ0) is 17.5. The summed E-state index contributed by atoms with van der Waals surface area (Å²) in [5, 5.41) is 0. The maximum Gasteiger partial charge on any atom is 0.139 e. The summed E-state index contributed by atoms with van der Waals surface area (Å²) in [6.45, 7) is 2.22. The number of carbonyl (C=O) groups is 1. The highest BCUT2D eigenvalue weighted by Gasteiger charge is 2.61. The average Bonchev–Trinajstić information content (AvgIpc) is 2.76. The largest absolute Gasteiger partial charge is 0.497 e. The fourth-order valence-corrected chi connectivity index (χ4v) is 5.40. The predicted molar refractivity (Wildman–Crippen MR) is 99.9 cm³/mol. The smallest absolute Gasteiger partial charge is 0.139 e. The third kappa shape index (κ3) is 2.50. The number of benzene rings is 2. The molecule has 0 heterocycles. The van der Waals surface area contributed by atoms with Gasteiger partial charge >= 0.3 is 0 Å². The lowest BCUT2D eigenvalue weighted by Crippen LogP contribution is -2.43. The minimum atomic E-state index is -0.186. The van der Waals surface area contributed by atoms with Crippen LogP contribution < -0.4 is 4.74 Å². The highest BCUT2D eigenvalue weighted by atomic mass is 16.5. The van der Waals surface area contributed by atoms with E-state index in [-0.39, 0.29) is 10.8 Å². The van der Waals surface area contributed by atoms with Crippen molar-refractivity contribution in [2.24, 2.45) is 11.3 Å². The first kappa shape index (κ1) is 16.4. The van der Waals surface area contributed by atoms with Gasteiger partial charge in [-0.05, 0) is 48.4 Å². The van der Waals surface area contributed by atoms with Crippen LogP contribution in [0.15, 0.2) is 54.6 Å². The molecule has 0 spiro atoms. The summed E-state index contributed by atoms with van der Waals surface area (Å²) in [4.78, 5) is 13.1. The van der Waals surface area contributed by atoms with Gasteiger partial charge in [0, 0.05) is 17.3 Å². The van der Waals surface area contributed by atoms with E-state index in [0.29, 0.717) is 18.1 Å². The van der Waals surface area contributed by atoms with Crippen LogP contribution in [0.2, 0.25) is 0 Å². The van der Waals surface area contributed by atoms with Crippen molar-refractivity contribution in [3.05, 3.63) is 65.7 Å². The number of hydrogen-bond donors (Lipinski definition) is 0. The lowest BCUT2D eigenvalue weighted by atomic mass is 9.57. The van der Waals surface area contributed by atoms with Gasteiger partial charge in [0.1, 0.15) is 11.5 Å². The summed E-state index contributed by atoms with van der Waals surface area (Å²) in [5.74, 6) is 1.71. The monoisotopic (exact) mass is 334 g/mol. The molecule has 0 N–H and O–H groups in total. The van der Waals surface area contributed by atoms with Gasteiger partial charge in [0.2, 0.25) is 0 Å². The van der Waals surface area contributed by atoms with Gasteiger partial charge in [0.15, 0.2) is 0 Å². The van der Waals surface area contributed by atoms with E-state index in [9.17, 15) is 4.79 Å². The molecule has 2 bridgehead atoms. The van der Waals surface area contributed by atoms with E-state index in [4.69, 9.17) is 4.74 Å². The van der Waals surface area contributed by atoms with Crippen molar-refractivity contribution >= 4 is 5.78 Å². The summed E-state index contributed by atoms with van der Waals surface area (Å²) in [5.41, 5.74) is 2.44. The molecule has 3 atom stereocenters. The van der Waals surface area contributed by atoms with Crippen LogP contribution in [-0.2, 0) is 16.6 Å². The molecule has 2 aromatic rings. The Morgan fingerprint density at radius 3 is 2.44 bits per heavy atom. The zero-order valence-electron chi connectivity index (χ0n) is 15.1. The summed E-state index contributed by atoms with van der Waals surface area (Å²) in [7, 11) is 1.70. The van der Waals surface area contributed by atoms with Crippen molar-refractivity contribution in [3.8, 4) is 5.75 Å². The Morgan fingerprint density at radius 2 is 1.76 bits per heavy atom. The fraction of sp³-hybridized carbons (Fsp3) is 0.435. The molecule has 2 fully saturated rings. The Bertz CT molecular complexity index is 764. The van der Waals surface area contributed by atoms with Crippen LogP contribution in [0.25, 0.3) is 0 Å². The number of ketones is 1. The Labute approximate surface area is 150 Å². The lowest BCUT2D eigenvalue weighted by Gasteiger charge is -2.45. The van der Waals surface area contributed by atoms with Crippen LogP contribution in [0.4, 0.5) is 0 Å². The molecule has 2 aromatic carbocycles. The van der Waals surface area contributed by atoms with E-state index in [1.54, 1.807) is 7.11 Å². The molecule has 0 aliphatic heterocycles. The van der Waals surface area contributed by atoms with Crippen LogP contribution >= 0.6 is 0 Å². The van der Waals surface area contributed by atoms with E-state index >= 15 is 0 Å². The van der Waals surface area contributed by atoms with Gasteiger partial charge in [0.05, 0.1) is 7.11 Å². The summed E-state index contributed by atoms with van der Waals surface area (Å²) >= 11 is 0. The first-order valence-corrected chi connectivity index (χ1v) is 9.30. The van der Waals surface area contributed by atoms with Crippen molar-refractivity contribution in [1.29, 1.82) is 0 Å². The third-order valence-corrected chi connectivity index (χ3v) is 6.82. The van der Waals surface area contributed by atoms with Gasteiger partial charge in [-0.15, -0.1) is 0 Å². The molecule has 2 heteroatoms. The van der Waals surface area contributed by atoms with Crippen molar-refractivity contribution in [2.75, 3.05) is 7.11 Å². The Kier molecular flexibility index (Phi) is 3.94. The van der Waals surface area contributed by atoms with Crippen LogP contribution in [0, 0.1) is 11.3 Å². The summed E-state index contributed by atoms with van der Waals surface area (Å²) in [6, 6.07) is 19.1. The molecule has 2 saturated carbocycles. The standard InChI is InChI=1S/C23H26O2/c1-22-13-6-14-23(16-21(22)24,18-9-11-19(25-2)12-10-18)20(22)15-17-7-4-3-5-8-17/h3-5,7-12,20H,6,13-16H2,1-2H3/t20-,22-,23-/m0/s1. The molecule has 0 unspecified atom stereocenters. The Hall–Kier alpha value is -2.09. The number of methoxy groups -OCH3 is 1. The van der Waals surface area contributed by atoms with Crippen LogP contribution in [0.1, 0.15) is 43.7 Å². The molecular formula is C23H26O2. The van der Waals surface area contributed by atoms with Gasteiger partial charge < -0.3 is 4.74 Å². The van der Waals surface area contributed by atoms with E-state index in [2.05, 4.69) is 49.4 Å².